The van der Waals surface area contributed by atoms with Crippen molar-refractivity contribution in [2.24, 2.45) is 7.05 Å². The topological polar surface area (TPSA) is 52.7 Å². The Bertz CT molecular complexity index is 595. The molecule has 2 aromatic rings. The molecule has 19 heavy (non-hydrogen) atoms. The highest BCUT2D eigenvalue weighted by atomic mass is 16.1. The number of aromatic nitrogens is 4. The minimum Gasteiger partial charge on any atom is -0.294 e. The summed E-state index contributed by atoms with van der Waals surface area (Å²) in [5.74, 6) is 0.0981. The third kappa shape index (κ3) is 2.59. The summed E-state index contributed by atoms with van der Waals surface area (Å²) in [6.07, 6.45) is 3.49. The van der Waals surface area contributed by atoms with Crippen LogP contribution in [0.3, 0.4) is 0 Å². The zero-order valence-corrected chi connectivity index (χ0v) is 12.0. The number of hydrogen-bond acceptors (Lipinski definition) is 3. The van der Waals surface area contributed by atoms with E-state index in [0.717, 1.165) is 35.5 Å². The van der Waals surface area contributed by atoms with Gasteiger partial charge in [-0.25, -0.2) is 0 Å². The molecular weight excluding hydrogens is 240 g/mol. The Morgan fingerprint density at radius 2 is 2.00 bits per heavy atom. The SMILES string of the molecule is CCc1nn(Cc2ccn(C)n2)c(CC)c1C(C)=O. The number of Topliss-reactive ketones (excluding diaryl/α,β-unsaturated/α-hetero) is 1. The molecule has 0 bridgehead atoms. The van der Waals surface area contributed by atoms with Crippen LogP contribution in [0.2, 0.25) is 0 Å². The Balaban J connectivity index is 2.42. The zero-order chi connectivity index (χ0) is 14.0. The van der Waals surface area contributed by atoms with Crippen molar-refractivity contribution < 1.29 is 4.79 Å². The van der Waals surface area contributed by atoms with Crippen molar-refractivity contribution in [2.75, 3.05) is 0 Å². The van der Waals surface area contributed by atoms with Crippen molar-refractivity contribution in [3.05, 3.63) is 34.9 Å². The summed E-state index contributed by atoms with van der Waals surface area (Å²) in [6, 6.07) is 1.97. The molecule has 0 saturated carbocycles. The van der Waals surface area contributed by atoms with Gasteiger partial charge < -0.3 is 0 Å². The number of carbonyl (C=O) groups is 1. The van der Waals surface area contributed by atoms with Crippen LogP contribution >= 0.6 is 0 Å². The molecule has 0 radical (unpaired) electrons. The Kier molecular flexibility index (Phi) is 3.83. The van der Waals surface area contributed by atoms with E-state index in [9.17, 15) is 4.79 Å². The van der Waals surface area contributed by atoms with Crippen molar-refractivity contribution in [3.8, 4) is 0 Å². The van der Waals surface area contributed by atoms with Gasteiger partial charge in [0.15, 0.2) is 5.78 Å². The molecule has 0 unspecified atom stereocenters. The van der Waals surface area contributed by atoms with Gasteiger partial charge in [0.2, 0.25) is 0 Å². The number of aryl methyl sites for hydroxylation is 2. The molecule has 2 aromatic heterocycles. The molecule has 0 saturated heterocycles. The first-order valence-electron chi connectivity index (χ1n) is 6.64. The van der Waals surface area contributed by atoms with Crippen LogP contribution in [-0.2, 0) is 26.4 Å². The van der Waals surface area contributed by atoms with Crippen LogP contribution in [-0.4, -0.2) is 25.3 Å². The van der Waals surface area contributed by atoms with Gasteiger partial charge in [-0.3, -0.25) is 14.2 Å². The minimum absolute atomic E-state index is 0.0981. The summed E-state index contributed by atoms with van der Waals surface area (Å²) < 4.78 is 3.69. The molecule has 0 aliphatic carbocycles. The molecule has 0 N–H and O–H groups in total. The van der Waals surface area contributed by atoms with Crippen molar-refractivity contribution in [3.63, 3.8) is 0 Å². The van der Waals surface area contributed by atoms with E-state index in [0.29, 0.717) is 6.54 Å². The standard InChI is InChI=1S/C14H20N4O/c1-5-12-14(10(3)19)13(6-2)18(16-12)9-11-7-8-17(4)15-11/h7-8H,5-6,9H2,1-4H3. The van der Waals surface area contributed by atoms with Crippen LogP contribution in [0.25, 0.3) is 0 Å². The van der Waals surface area contributed by atoms with Gasteiger partial charge in [0.25, 0.3) is 0 Å². The fourth-order valence-electron chi connectivity index (χ4n) is 2.40. The number of carbonyl (C=O) groups excluding carboxylic acids is 1. The molecule has 2 rings (SSSR count). The van der Waals surface area contributed by atoms with Gasteiger partial charge in [0, 0.05) is 18.9 Å². The Morgan fingerprint density at radius 3 is 2.47 bits per heavy atom. The fourth-order valence-corrected chi connectivity index (χ4v) is 2.40. The lowest BCUT2D eigenvalue weighted by Crippen LogP contribution is -2.08. The number of nitrogens with zero attached hydrogens (tertiary/aromatic N) is 4. The second kappa shape index (κ2) is 5.38. The first kappa shape index (κ1) is 13.5. The van der Waals surface area contributed by atoms with E-state index >= 15 is 0 Å². The smallest absolute Gasteiger partial charge is 0.163 e. The van der Waals surface area contributed by atoms with Gasteiger partial charge in [-0.2, -0.15) is 10.2 Å². The normalized spacial score (nSPS) is 10.9. The fraction of sp³-hybridized carbons (Fsp3) is 0.500. The number of ketones is 1. The largest absolute Gasteiger partial charge is 0.294 e. The zero-order valence-electron chi connectivity index (χ0n) is 12.0. The first-order valence-corrected chi connectivity index (χ1v) is 6.64. The van der Waals surface area contributed by atoms with Crippen LogP contribution < -0.4 is 0 Å². The van der Waals surface area contributed by atoms with Gasteiger partial charge in [0.1, 0.15) is 0 Å². The summed E-state index contributed by atoms with van der Waals surface area (Å²) in [6.45, 7) is 6.31. The molecule has 102 valence electrons. The van der Waals surface area contributed by atoms with Crippen molar-refractivity contribution >= 4 is 5.78 Å². The Labute approximate surface area is 113 Å². The van der Waals surface area contributed by atoms with E-state index in [1.807, 2.05) is 30.9 Å². The molecule has 0 aliphatic heterocycles. The monoisotopic (exact) mass is 260 g/mol. The summed E-state index contributed by atoms with van der Waals surface area (Å²) in [4.78, 5) is 11.8. The van der Waals surface area contributed by atoms with Crippen molar-refractivity contribution in [1.29, 1.82) is 0 Å². The van der Waals surface area contributed by atoms with E-state index in [1.54, 1.807) is 11.6 Å². The Hall–Kier alpha value is -1.91. The predicted octanol–water partition coefficient (Wildman–Crippen LogP) is 1.99. The quantitative estimate of drug-likeness (QED) is 0.773. The molecule has 0 spiro atoms. The Morgan fingerprint density at radius 1 is 1.26 bits per heavy atom. The lowest BCUT2D eigenvalue weighted by Gasteiger charge is -2.04. The summed E-state index contributed by atoms with van der Waals surface area (Å²) >= 11 is 0. The maximum atomic E-state index is 11.8. The van der Waals surface area contributed by atoms with E-state index in [1.165, 1.54) is 0 Å². The lowest BCUT2D eigenvalue weighted by molar-refractivity contribution is 0.101. The highest BCUT2D eigenvalue weighted by Gasteiger charge is 2.19. The third-order valence-corrected chi connectivity index (χ3v) is 3.23. The number of hydrogen-bond donors (Lipinski definition) is 0. The van der Waals surface area contributed by atoms with Gasteiger partial charge in [-0.1, -0.05) is 13.8 Å². The van der Waals surface area contributed by atoms with Gasteiger partial charge in [-0.15, -0.1) is 0 Å². The van der Waals surface area contributed by atoms with Crippen LogP contribution in [0.1, 0.15) is 48.2 Å². The molecule has 0 atom stereocenters. The molecule has 5 heteroatoms. The van der Waals surface area contributed by atoms with Gasteiger partial charge >= 0.3 is 0 Å². The van der Waals surface area contributed by atoms with Gasteiger partial charge in [-0.05, 0) is 25.8 Å². The molecule has 0 aliphatic rings. The lowest BCUT2D eigenvalue weighted by atomic mass is 10.1. The molecule has 0 aromatic carbocycles. The highest BCUT2D eigenvalue weighted by Crippen LogP contribution is 2.18. The van der Waals surface area contributed by atoms with Crippen LogP contribution in [0, 0.1) is 0 Å². The summed E-state index contributed by atoms with van der Waals surface area (Å²) in [7, 11) is 1.89. The second-order valence-corrected chi connectivity index (χ2v) is 4.67. The van der Waals surface area contributed by atoms with E-state index in [4.69, 9.17) is 0 Å². The maximum absolute atomic E-state index is 11.8. The van der Waals surface area contributed by atoms with E-state index in [-0.39, 0.29) is 5.78 Å². The van der Waals surface area contributed by atoms with Crippen LogP contribution in [0.5, 0.6) is 0 Å². The maximum Gasteiger partial charge on any atom is 0.163 e. The average Bonchev–Trinajstić information content (AvgIpc) is 2.93. The van der Waals surface area contributed by atoms with Gasteiger partial charge in [0.05, 0.1) is 23.5 Å². The molecule has 0 amide bonds. The first-order chi connectivity index (χ1) is 9.06. The highest BCUT2D eigenvalue weighted by molar-refractivity contribution is 5.96. The third-order valence-electron chi connectivity index (χ3n) is 3.23. The van der Waals surface area contributed by atoms with Crippen LogP contribution in [0.4, 0.5) is 0 Å². The molecule has 2 heterocycles. The van der Waals surface area contributed by atoms with E-state index < -0.39 is 0 Å². The summed E-state index contributed by atoms with van der Waals surface area (Å²) in [5.41, 5.74) is 3.65. The second-order valence-electron chi connectivity index (χ2n) is 4.67. The number of rotatable bonds is 5. The average molecular weight is 260 g/mol. The minimum atomic E-state index is 0.0981. The molecule has 0 fully saturated rings. The van der Waals surface area contributed by atoms with Crippen molar-refractivity contribution in [2.45, 2.75) is 40.2 Å². The molecule has 5 nitrogen and oxygen atoms in total. The van der Waals surface area contributed by atoms with Crippen LogP contribution in [0.15, 0.2) is 12.3 Å². The molecular formula is C14H20N4O. The van der Waals surface area contributed by atoms with E-state index in [2.05, 4.69) is 17.1 Å². The summed E-state index contributed by atoms with van der Waals surface area (Å²) in [5, 5.41) is 8.93. The van der Waals surface area contributed by atoms with Crippen molar-refractivity contribution in [1.82, 2.24) is 19.6 Å². The predicted molar refractivity (Wildman–Crippen MR) is 73.3 cm³/mol.